The average Bonchev–Trinajstić information content (AvgIpc) is 3.17. The Balaban J connectivity index is 2.21. The fourth-order valence-electron chi connectivity index (χ4n) is 2.38. The molecule has 1 aliphatic carbocycles. The van der Waals surface area contributed by atoms with E-state index in [1.807, 2.05) is 13.1 Å². The van der Waals surface area contributed by atoms with E-state index < -0.39 is 0 Å². The van der Waals surface area contributed by atoms with Gasteiger partial charge < -0.3 is 10.2 Å². The van der Waals surface area contributed by atoms with Crippen molar-refractivity contribution >= 4 is 17.3 Å². The number of benzene rings is 1. The maximum absolute atomic E-state index is 6.11. The molecular formula is C15H23ClN2. The van der Waals surface area contributed by atoms with Crippen LogP contribution in [0.3, 0.4) is 0 Å². The van der Waals surface area contributed by atoms with Crippen LogP contribution in [0.2, 0.25) is 5.02 Å². The van der Waals surface area contributed by atoms with Gasteiger partial charge in [-0.25, -0.2) is 0 Å². The van der Waals surface area contributed by atoms with Crippen molar-refractivity contribution in [2.75, 3.05) is 18.5 Å². The van der Waals surface area contributed by atoms with Gasteiger partial charge in [-0.3, -0.25) is 0 Å². The van der Waals surface area contributed by atoms with Crippen molar-refractivity contribution in [1.29, 1.82) is 0 Å². The highest BCUT2D eigenvalue weighted by Gasteiger charge is 2.29. The van der Waals surface area contributed by atoms with Crippen molar-refractivity contribution in [3.05, 3.63) is 28.8 Å². The molecule has 0 saturated heterocycles. The van der Waals surface area contributed by atoms with Crippen LogP contribution in [0.25, 0.3) is 0 Å². The third kappa shape index (κ3) is 3.39. The maximum atomic E-state index is 6.11. The molecule has 2 rings (SSSR count). The number of halogens is 1. The first kappa shape index (κ1) is 13.7. The van der Waals surface area contributed by atoms with Crippen LogP contribution in [0.15, 0.2) is 18.2 Å². The number of nitrogens with zero attached hydrogens (tertiary/aromatic N) is 1. The van der Waals surface area contributed by atoms with Crippen LogP contribution in [-0.4, -0.2) is 19.6 Å². The molecule has 1 saturated carbocycles. The van der Waals surface area contributed by atoms with Gasteiger partial charge in [0, 0.05) is 29.8 Å². The topological polar surface area (TPSA) is 15.3 Å². The van der Waals surface area contributed by atoms with E-state index in [9.17, 15) is 0 Å². The first-order valence-corrected chi connectivity index (χ1v) is 7.33. The van der Waals surface area contributed by atoms with Crippen LogP contribution in [-0.2, 0) is 6.54 Å². The minimum Gasteiger partial charge on any atom is -0.368 e. The Morgan fingerprint density at radius 3 is 2.78 bits per heavy atom. The zero-order valence-electron chi connectivity index (χ0n) is 11.4. The largest absolute Gasteiger partial charge is 0.368 e. The zero-order chi connectivity index (χ0) is 13.0. The minimum absolute atomic E-state index is 0.758. The predicted octanol–water partition coefficient (Wildman–Crippen LogP) is 3.83. The lowest BCUT2D eigenvalue weighted by Gasteiger charge is -2.27. The molecule has 1 aromatic carbocycles. The summed E-state index contributed by atoms with van der Waals surface area (Å²) in [5, 5.41) is 4.07. The van der Waals surface area contributed by atoms with E-state index in [1.54, 1.807) is 0 Å². The number of rotatable bonds is 7. The van der Waals surface area contributed by atoms with Crippen LogP contribution >= 0.6 is 11.6 Å². The summed E-state index contributed by atoms with van der Waals surface area (Å²) in [4.78, 5) is 2.58. The molecule has 1 N–H and O–H groups in total. The highest BCUT2D eigenvalue weighted by Crippen LogP contribution is 2.34. The van der Waals surface area contributed by atoms with Crippen molar-refractivity contribution < 1.29 is 0 Å². The van der Waals surface area contributed by atoms with Crippen LogP contribution < -0.4 is 10.2 Å². The van der Waals surface area contributed by atoms with Crippen molar-refractivity contribution in [3.8, 4) is 0 Å². The summed E-state index contributed by atoms with van der Waals surface area (Å²) in [5.74, 6) is 0. The van der Waals surface area contributed by atoms with Crippen molar-refractivity contribution in [2.45, 2.75) is 45.2 Å². The minimum atomic E-state index is 0.758. The van der Waals surface area contributed by atoms with Crippen molar-refractivity contribution in [2.24, 2.45) is 0 Å². The van der Waals surface area contributed by atoms with Gasteiger partial charge in [0.05, 0.1) is 0 Å². The molecule has 100 valence electrons. The van der Waals surface area contributed by atoms with Gasteiger partial charge in [0.2, 0.25) is 0 Å². The predicted molar refractivity (Wildman–Crippen MR) is 79.5 cm³/mol. The van der Waals surface area contributed by atoms with Crippen LogP contribution in [0, 0.1) is 0 Å². The van der Waals surface area contributed by atoms with Gasteiger partial charge in [-0.1, -0.05) is 24.9 Å². The molecule has 0 bridgehead atoms. The van der Waals surface area contributed by atoms with Crippen molar-refractivity contribution in [3.63, 3.8) is 0 Å². The third-order valence-corrected chi connectivity index (χ3v) is 3.69. The highest BCUT2D eigenvalue weighted by atomic mass is 35.5. The van der Waals surface area contributed by atoms with Crippen LogP contribution in [0.4, 0.5) is 5.69 Å². The Morgan fingerprint density at radius 1 is 1.39 bits per heavy atom. The summed E-state index contributed by atoms with van der Waals surface area (Å²) < 4.78 is 0. The molecular weight excluding hydrogens is 244 g/mol. The Hall–Kier alpha value is -0.730. The van der Waals surface area contributed by atoms with E-state index >= 15 is 0 Å². The van der Waals surface area contributed by atoms with E-state index in [2.05, 4.69) is 29.3 Å². The van der Waals surface area contributed by atoms with E-state index in [0.717, 1.165) is 17.6 Å². The second-order valence-corrected chi connectivity index (χ2v) is 5.52. The van der Waals surface area contributed by atoms with Gasteiger partial charge in [-0.15, -0.1) is 0 Å². The van der Waals surface area contributed by atoms with Gasteiger partial charge in [-0.2, -0.15) is 0 Å². The molecule has 0 aliphatic heterocycles. The fourth-order valence-corrected chi connectivity index (χ4v) is 2.58. The van der Waals surface area contributed by atoms with Gasteiger partial charge >= 0.3 is 0 Å². The second-order valence-electron chi connectivity index (χ2n) is 5.08. The first-order chi connectivity index (χ1) is 8.76. The first-order valence-electron chi connectivity index (χ1n) is 6.96. The lowest BCUT2D eigenvalue weighted by molar-refractivity contribution is 0.705. The van der Waals surface area contributed by atoms with E-state index in [4.69, 9.17) is 11.6 Å². The molecule has 18 heavy (non-hydrogen) atoms. The number of hydrogen-bond acceptors (Lipinski definition) is 2. The third-order valence-electron chi connectivity index (χ3n) is 3.46. The average molecular weight is 267 g/mol. The monoisotopic (exact) mass is 266 g/mol. The molecule has 0 atom stereocenters. The zero-order valence-corrected chi connectivity index (χ0v) is 12.1. The Labute approximate surface area is 115 Å². The molecule has 0 amide bonds. The molecule has 1 fully saturated rings. The molecule has 0 spiro atoms. The van der Waals surface area contributed by atoms with Gasteiger partial charge in [-0.05, 0) is 50.1 Å². The van der Waals surface area contributed by atoms with E-state index in [1.165, 1.54) is 43.5 Å². The van der Waals surface area contributed by atoms with Gasteiger partial charge in [0.25, 0.3) is 0 Å². The molecule has 0 aromatic heterocycles. The molecule has 2 nitrogen and oxygen atoms in total. The SMILES string of the molecule is CCCCN(c1ccc(Cl)cc1CNC)C1CC1. The van der Waals surface area contributed by atoms with Gasteiger partial charge in [0.15, 0.2) is 0 Å². The molecule has 1 aliphatic rings. The Bertz CT molecular complexity index is 388. The summed E-state index contributed by atoms with van der Waals surface area (Å²) in [6, 6.07) is 7.04. The smallest absolute Gasteiger partial charge is 0.0415 e. The summed E-state index contributed by atoms with van der Waals surface area (Å²) in [5.41, 5.74) is 2.68. The van der Waals surface area contributed by atoms with E-state index in [-0.39, 0.29) is 0 Å². The molecule has 0 radical (unpaired) electrons. The molecule has 0 heterocycles. The summed E-state index contributed by atoms with van der Waals surface area (Å²) in [6.45, 7) is 4.30. The summed E-state index contributed by atoms with van der Waals surface area (Å²) in [7, 11) is 1.98. The summed E-state index contributed by atoms with van der Waals surface area (Å²) >= 11 is 6.11. The maximum Gasteiger partial charge on any atom is 0.0415 e. The fraction of sp³-hybridized carbons (Fsp3) is 0.600. The molecule has 3 heteroatoms. The number of unbranched alkanes of at least 4 members (excludes halogenated alkanes) is 1. The van der Waals surface area contributed by atoms with Crippen molar-refractivity contribution in [1.82, 2.24) is 5.32 Å². The van der Waals surface area contributed by atoms with E-state index in [0.29, 0.717) is 0 Å². The highest BCUT2D eigenvalue weighted by molar-refractivity contribution is 6.30. The van der Waals surface area contributed by atoms with Gasteiger partial charge in [0.1, 0.15) is 0 Å². The van der Waals surface area contributed by atoms with Crippen LogP contribution in [0.1, 0.15) is 38.2 Å². The lowest BCUT2D eigenvalue weighted by Crippen LogP contribution is -2.28. The second kappa shape index (κ2) is 6.44. The summed E-state index contributed by atoms with van der Waals surface area (Å²) in [6.07, 6.45) is 5.19. The standard InChI is InChI=1S/C15H23ClN2/c1-3-4-9-18(14-6-7-14)15-8-5-13(16)10-12(15)11-17-2/h5,8,10,14,17H,3-4,6-7,9,11H2,1-2H3. The molecule has 1 aromatic rings. The Morgan fingerprint density at radius 2 is 2.17 bits per heavy atom. The number of anilines is 1. The van der Waals surface area contributed by atoms with Crippen LogP contribution in [0.5, 0.6) is 0 Å². The normalized spacial score (nSPS) is 14.8. The Kier molecular flexibility index (Phi) is 4.90. The quantitative estimate of drug-likeness (QED) is 0.807. The number of hydrogen-bond donors (Lipinski definition) is 1. The lowest BCUT2D eigenvalue weighted by atomic mass is 10.1. The number of nitrogens with one attached hydrogen (secondary N) is 1. The molecule has 0 unspecified atom stereocenters.